The predicted molar refractivity (Wildman–Crippen MR) is 63.4 cm³/mol. The van der Waals surface area contributed by atoms with E-state index in [9.17, 15) is 0 Å². The first-order valence-corrected chi connectivity index (χ1v) is 5.73. The van der Waals surface area contributed by atoms with Gasteiger partial charge in [0.2, 0.25) is 0 Å². The van der Waals surface area contributed by atoms with Gasteiger partial charge in [-0.05, 0) is 0 Å². The van der Waals surface area contributed by atoms with Crippen LogP contribution in [-0.4, -0.2) is 20.5 Å². The Morgan fingerprint density at radius 2 is 1.09 bits per heavy atom. The lowest BCUT2D eigenvalue weighted by atomic mass is 10.1. The molecule has 2 heteroatoms. The maximum absolute atomic E-state index is 3.67. The first-order chi connectivity index (χ1) is 5.10. The van der Waals surface area contributed by atoms with Crippen molar-refractivity contribution in [2.45, 2.75) is 5.04 Å². The predicted octanol–water partition coefficient (Wildman–Crippen LogP) is 0.564. The van der Waals surface area contributed by atoms with Crippen LogP contribution in [0.15, 0.2) is 50.2 Å². The van der Waals surface area contributed by atoms with Crippen LogP contribution in [0.2, 0.25) is 5.04 Å². The molecule has 0 bridgehead atoms. The molecule has 0 radical (unpaired) electrons. The molecule has 0 N–H and O–H groups in total. The van der Waals surface area contributed by atoms with Crippen LogP contribution >= 0.6 is 0 Å². The summed E-state index contributed by atoms with van der Waals surface area (Å²) in [4.78, 5) is 0. The van der Waals surface area contributed by atoms with Crippen LogP contribution in [0.1, 0.15) is 0 Å². The van der Waals surface area contributed by atoms with Gasteiger partial charge >= 0.3 is 0 Å². The van der Waals surface area contributed by atoms with Gasteiger partial charge in [-0.1, -0.05) is 18.2 Å². The number of hydrogen-bond acceptors (Lipinski definition) is 0. The van der Waals surface area contributed by atoms with Gasteiger partial charge in [0, 0.05) is 25.5 Å². The molecule has 0 spiro atoms. The van der Waals surface area contributed by atoms with E-state index >= 15 is 0 Å². The molecule has 0 fully saturated rings. The average molecular weight is 182 g/mol. The van der Waals surface area contributed by atoms with Gasteiger partial charge in [-0.15, -0.1) is 32.0 Å². The third-order valence-electron chi connectivity index (χ3n) is 1.32. The Labute approximate surface area is 76.2 Å². The minimum Gasteiger partial charge on any atom is -0.112 e. The summed E-state index contributed by atoms with van der Waals surface area (Å²) in [5.41, 5.74) is 1.89. The molecule has 0 rings (SSSR count). The van der Waals surface area contributed by atoms with Crippen molar-refractivity contribution in [2.75, 3.05) is 0 Å². The second-order valence-electron chi connectivity index (χ2n) is 2.39. The summed E-state index contributed by atoms with van der Waals surface area (Å²) >= 11 is 0. The summed E-state index contributed by atoms with van der Waals surface area (Å²) in [5.74, 6) is 0. The van der Waals surface area contributed by atoms with Crippen molar-refractivity contribution < 1.29 is 0 Å². The Kier molecular flexibility index (Phi) is 8.88. The van der Waals surface area contributed by atoms with E-state index in [0.717, 1.165) is 20.5 Å². The summed E-state index contributed by atoms with van der Waals surface area (Å²) in [5, 5.41) is 0.0556. The molecule has 0 heterocycles. The van der Waals surface area contributed by atoms with E-state index in [1.807, 2.05) is 23.9 Å². The largest absolute Gasteiger partial charge is 0.112 e. The van der Waals surface area contributed by atoms with E-state index in [2.05, 4.69) is 26.3 Å². The van der Waals surface area contributed by atoms with Crippen LogP contribution in [0.4, 0.5) is 0 Å². The van der Waals surface area contributed by atoms with Crippen LogP contribution in [-0.2, 0) is 0 Å². The monoisotopic (exact) mass is 182 g/mol. The van der Waals surface area contributed by atoms with E-state index in [4.69, 9.17) is 0 Å². The molecule has 0 aliphatic rings. The van der Waals surface area contributed by atoms with E-state index < -0.39 is 0 Å². The summed E-state index contributed by atoms with van der Waals surface area (Å²) in [7, 11) is 2.15. The van der Waals surface area contributed by atoms with Gasteiger partial charge in [0.25, 0.3) is 0 Å². The maximum atomic E-state index is 3.67. The van der Waals surface area contributed by atoms with Crippen molar-refractivity contribution in [2.24, 2.45) is 0 Å². The lowest BCUT2D eigenvalue weighted by Crippen LogP contribution is -1.98. The van der Waals surface area contributed by atoms with E-state index in [1.165, 1.54) is 0 Å². The van der Waals surface area contributed by atoms with Crippen molar-refractivity contribution in [3.8, 4) is 0 Å². The standard InChI is InChI=1S/C7H12Si.C2H6Si/c1-4-7(8,5-2)6-3;1-2-3/h4-6H,1-3H2,8H3;2H,1H2,3H3. The Hall–Kier alpha value is -0.606. The van der Waals surface area contributed by atoms with Crippen molar-refractivity contribution in [1.82, 2.24) is 0 Å². The number of hydrogen-bond donors (Lipinski definition) is 0. The number of allylic oxidation sites excluding steroid dienone is 3. The Bertz CT molecular complexity index is 126. The van der Waals surface area contributed by atoms with Gasteiger partial charge in [-0.25, -0.2) is 0 Å². The van der Waals surface area contributed by atoms with Crippen molar-refractivity contribution in [3.05, 3.63) is 50.2 Å². The SMILES string of the molecule is C=CC([SiH3])(C=C)C=C.C=C[SiH3]. The fraction of sp³-hybridized carbons (Fsp3) is 0.111. The zero-order chi connectivity index (χ0) is 9.33. The highest BCUT2D eigenvalue weighted by atomic mass is 28.1. The molecule has 0 aromatic carbocycles. The molecular weight excluding hydrogens is 164 g/mol. The lowest BCUT2D eigenvalue weighted by Gasteiger charge is -2.13. The van der Waals surface area contributed by atoms with Gasteiger partial charge in [0.1, 0.15) is 0 Å². The summed E-state index contributed by atoms with van der Waals surface area (Å²) < 4.78 is 0. The Morgan fingerprint density at radius 3 is 1.09 bits per heavy atom. The van der Waals surface area contributed by atoms with Crippen LogP contribution in [0.5, 0.6) is 0 Å². The molecule has 0 aliphatic carbocycles. The van der Waals surface area contributed by atoms with Crippen LogP contribution in [0.3, 0.4) is 0 Å². The first kappa shape index (κ1) is 13.0. The highest BCUT2D eigenvalue weighted by molar-refractivity contribution is 6.19. The molecule has 0 aliphatic heterocycles. The highest BCUT2D eigenvalue weighted by Gasteiger charge is 2.07. The molecule has 0 amide bonds. The Balaban J connectivity index is 0. The van der Waals surface area contributed by atoms with Gasteiger partial charge in [-0.3, -0.25) is 0 Å². The van der Waals surface area contributed by atoms with Crippen LogP contribution < -0.4 is 0 Å². The van der Waals surface area contributed by atoms with Gasteiger partial charge < -0.3 is 0 Å². The quantitative estimate of drug-likeness (QED) is 0.442. The van der Waals surface area contributed by atoms with E-state index in [-0.39, 0.29) is 5.04 Å². The molecule has 0 aromatic heterocycles. The van der Waals surface area contributed by atoms with Crippen LogP contribution in [0.25, 0.3) is 0 Å². The molecule has 11 heavy (non-hydrogen) atoms. The molecule has 0 unspecified atom stereocenters. The zero-order valence-corrected chi connectivity index (χ0v) is 11.6. The summed E-state index contributed by atoms with van der Waals surface area (Å²) in [6.07, 6.45) is 5.62. The second-order valence-corrected chi connectivity index (χ2v) is 4.94. The molecule has 0 saturated heterocycles. The first-order valence-electron chi connectivity index (χ1n) is 3.58. The normalized spacial score (nSPS) is 9.09. The topological polar surface area (TPSA) is 0 Å². The highest BCUT2D eigenvalue weighted by Crippen LogP contribution is 2.23. The van der Waals surface area contributed by atoms with Gasteiger partial charge in [-0.2, -0.15) is 0 Å². The van der Waals surface area contributed by atoms with Crippen molar-refractivity contribution in [1.29, 1.82) is 0 Å². The second kappa shape index (κ2) is 7.50. The van der Waals surface area contributed by atoms with Gasteiger partial charge in [0.05, 0.1) is 0 Å². The van der Waals surface area contributed by atoms with Crippen molar-refractivity contribution in [3.63, 3.8) is 0 Å². The molecular formula is C9H18Si2. The lowest BCUT2D eigenvalue weighted by molar-refractivity contribution is 1.11. The summed E-state index contributed by atoms with van der Waals surface area (Å²) in [6.45, 7) is 14.4. The van der Waals surface area contributed by atoms with E-state index in [1.54, 1.807) is 0 Å². The molecule has 0 aromatic rings. The molecule has 0 nitrogen and oxygen atoms in total. The fourth-order valence-corrected chi connectivity index (χ4v) is 0.250. The minimum absolute atomic E-state index is 0.0556. The minimum atomic E-state index is 0.0556. The fourth-order valence-electron chi connectivity index (χ4n) is 0.250. The molecule has 62 valence electrons. The average Bonchev–Trinajstić information content (AvgIpc) is 2.05. The van der Waals surface area contributed by atoms with E-state index in [0.29, 0.717) is 0 Å². The van der Waals surface area contributed by atoms with Crippen LogP contribution in [0, 0.1) is 0 Å². The Morgan fingerprint density at radius 1 is 0.909 bits per heavy atom. The third kappa shape index (κ3) is 7.29. The third-order valence-corrected chi connectivity index (χ3v) is 2.54. The van der Waals surface area contributed by atoms with Gasteiger partial charge in [0.15, 0.2) is 0 Å². The smallest absolute Gasteiger partial charge is 0.0283 e. The molecule has 0 saturated carbocycles. The molecule has 0 atom stereocenters. The summed E-state index contributed by atoms with van der Waals surface area (Å²) in [6, 6.07) is 0. The maximum Gasteiger partial charge on any atom is 0.0283 e. The van der Waals surface area contributed by atoms with Crippen molar-refractivity contribution >= 4 is 20.5 Å². The number of rotatable bonds is 3. The zero-order valence-electron chi connectivity index (χ0n) is 7.64.